The van der Waals surface area contributed by atoms with Crippen molar-refractivity contribution in [2.75, 3.05) is 18.0 Å². The summed E-state index contributed by atoms with van der Waals surface area (Å²) in [5, 5.41) is 13.7. The van der Waals surface area contributed by atoms with Gasteiger partial charge in [-0.3, -0.25) is 0 Å². The lowest BCUT2D eigenvalue weighted by Crippen LogP contribution is -2.21. The normalized spacial score (nSPS) is 12.3. The Morgan fingerprint density at radius 1 is 1.07 bits per heavy atom. The lowest BCUT2D eigenvalue weighted by Gasteiger charge is -2.21. The zero-order chi connectivity index (χ0) is 20.1. The summed E-state index contributed by atoms with van der Waals surface area (Å²) in [5.41, 5.74) is 2.29. The highest BCUT2D eigenvalue weighted by Crippen LogP contribution is 2.34. The molecule has 28 heavy (non-hydrogen) atoms. The van der Waals surface area contributed by atoms with E-state index in [0.717, 1.165) is 48.4 Å². The number of aryl methyl sites for hydroxylation is 1. The highest BCUT2D eigenvalue weighted by Gasteiger charge is 2.20. The molecular weight excluding hydrogens is 372 g/mol. The molecule has 0 amide bonds. The minimum atomic E-state index is 0.0141. The van der Waals surface area contributed by atoms with E-state index in [-0.39, 0.29) is 5.25 Å². The summed E-state index contributed by atoms with van der Waals surface area (Å²) < 4.78 is 7.50. The van der Waals surface area contributed by atoms with Crippen molar-refractivity contribution in [3.8, 4) is 11.4 Å². The van der Waals surface area contributed by atoms with Crippen LogP contribution >= 0.6 is 11.8 Å². The van der Waals surface area contributed by atoms with Crippen molar-refractivity contribution in [2.45, 2.75) is 58.0 Å². The van der Waals surface area contributed by atoms with Gasteiger partial charge < -0.3 is 14.0 Å². The summed E-state index contributed by atoms with van der Waals surface area (Å²) in [6.45, 7) is 13.3. The average Bonchev–Trinajstić information content (AvgIpc) is 3.36. The van der Waals surface area contributed by atoms with Crippen LogP contribution in [0.25, 0.3) is 11.4 Å². The Kier molecular flexibility index (Phi) is 6.72. The Hall–Kier alpha value is -2.35. The molecule has 7 nitrogen and oxygen atoms in total. The SMILES string of the molecule is CCc1noc(C(C)Sc2nnc(-c3ccc(N(CC)CC)cc3)n2CC)n1. The third-order valence-electron chi connectivity index (χ3n) is 4.72. The van der Waals surface area contributed by atoms with E-state index in [1.54, 1.807) is 11.8 Å². The summed E-state index contributed by atoms with van der Waals surface area (Å²) >= 11 is 1.59. The first kappa shape index (κ1) is 20.4. The molecule has 0 N–H and O–H groups in total. The van der Waals surface area contributed by atoms with Crippen LogP contribution in [0.4, 0.5) is 5.69 Å². The summed E-state index contributed by atoms with van der Waals surface area (Å²) in [5.74, 6) is 2.23. The Bertz CT molecular complexity index is 884. The minimum absolute atomic E-state index is 0.0141. The fraction of sp³-hybridized carbons (Fsp3) is 0.500. The van der Waals surface area contributed by atoms with Crippen LogP contribution in [0.1, 0.15) is 51.6 Å². The van der Waals surface area contributed by atoms with E-state index in [9.17, 15) is 0 Å². The number of nitrogens with zero attached hydrogens (tertiary/aromatic N) is 6. The first-order valence-electron chi connectivity index (χ1n) is 9.88. The predicted molar refractivity (Wildman–Crippen MR) is 113 cm³/mol. The molecule has 1 atom stereocenters. The Balaban J connectivity index is 1.81. The van der Waals surface area contributed by atoms with Crippen LogP contribution in [0.15, 0.2) is 33.9 Å². The number of anilines is 1. The first-order valence-corrected chi connectivity index (χ1v) is 10.8. The third-order valence-corrected chi connectivity index (χ3v) is 5.79. The van der Waals surface area contributed by atoms with E-state index in [2.05, 4.69) is 74.8 Å². The van der Waals surface area contributed by atoms with Gasteiger partial charge in [0.05, 0.1) is 5.25 Å². The largest absolute Gasteiger partial charge is 0.372 e. The van der Waals surface area contributed by atoms with Crippen molar-refractivity contribution in [1.29, 1.82) is 0 Å². The fourth-order valence-corrected chi connectivity index (χ4v) is 4.01. The molecule has 1 aromatic carbocycles. The standard InChI is InChI=1S/C20H28N6OS/c1-6-17-21-19(27-24-17)14(5)28-20-23-22-18(26(20)9-4)15-10-12-16(13-11-15)25(7-2)8-3/h10-14H,6-9H2,1-5H3. The quantitative estimate of drug-likeness (QED) is 0.486. The van der Waals surface area contributed by atoms with E-state index < -0.39 is 0 Å². The Labute approximate surface area is 170 Å². The van der Waals surface area contributed by atoms with Gasteiger partial charge in [-0.05, 0) is 52.0 Å². The van der Waals surface area contributed by atoms with Crippen molar-refractivity contribution in [1.82, 2.24) is 24.9 Å². The molecule has 1 unspecified atom stereocenters. The summed E-state index contributed by atoms with van der Waals surface area (Å²) in [7, 11) is 0. The molecule has 0 saturated carbocycles. The molecular formula is C20H28N6OS. The Morgan fingerprint density at radius 3 is 2.36 bits per heavy atom. The fourth-order valence-electron chi connectivity index (χ4n) is 3.07. The first-order chi connectivity index (χ1) is 13.6. The predicted octanol–water partition coefficient (Wildman–Crippen LogP) is 4.61. The number of rotatable bonds is 9. The topological polar surface area (TPSA) is 72.9 Å². The van der Waals surface area contributed by atoms with Crippen molar-refractivity contribution in [2.24, 2.45) is 0 Å². The summed E-state index contributed by atoms with van der Waals surface area (Å²) in [4.78, 5) is 6.75. The summed E-state index contributed by atoms with van der Waals surface area (Å²) in [6, 6.07) is 8.54. The van der Waals surface area contributed by atoms with E-state index in [4.69, 9.17) is 4.52 Å². The van der Waals surface area contributed by atoms with Gasteiger partial charge in [0.1, 0.15) is 0 Å². The molecule has 0 aliphatic rings. The highest BCUT2D eigenvalue weighted by molar-refractivity contribution is 7.99. The van der Waals surface area contributed by atoms with E-state index >= 15 is 0 Å². The smallest absolute Gasteiger partial charge is 0.239 e. The third kappa shape index (κ3) is 4.22. The number of hydrogen-bond donors (Lipinski definition) is 0. The maximum atomic E-state index is 5.37. The van der Waals surface area contributed by atoms with Crippen molar-refractivity contribution >= 4 is 17.4 Å². The highest BCUT2D eigenvalue weighted by atomic mass is 32.2. The molecule has 3 aromatic rings. The zero-order valence-electron chi connectivity index (χ0n) is 17.2. The molecule has 0 fully saturated rings. The van der Waals surface area contributed by atoms with Crippen LogP contribution in [0.3, 0.4) is 0 Å². The molecule has 0 aliphatic heterocycles. The monoisotopic (exact) mass is 400 g/mol. The van der Waals surface area contributed by atoms with Crippen molar-refractivity contribution in [3.05, 3.63) is 36.0 Å². The minimum Gasteiger partial charge on any atom is -0.372 e. The molecule has 0 radical (unpaired) electrons. The second-order valence-corrected chi connectivity index (χ2v) is 7.74. The van der Waals surface area contributed by atoms with Gasteiger partial charge in [0.15, 0.2) is 16.8 Å². The molecule has 150 valence electrons. The van der Waals surface area contributed by atoms with Crippen molar-refractivity contribution < 1.29 is 4.52 Å². The van der Waals surface area contributed by atoms with Gasteiger partial charge in [-0.15, -0.1) is 10.2 Å². The number of aromatic nitrogens is 5. The van der Waals surface area contributed by atoms with Crippen LogP contribution in [0, 0.1) is 0 Å². The molecule has 0 spiro atoms. The maximum Gasteiger partial charge on any atom is 0.239 e. The molecule has 0 saturated heterocycles. The number of thioether (sulfide) groups is 1. The van der Waals surface area contributed by atoms with Crippen LogP contribution in [0.5, 0.6) is 0 Å². The number of hydrogen-bond acceptors (Lipinski definition) is 7. The average molecular weight is 401 g/mol. The summed E-state index contributed by atoms with van der Waals surface area (Å²) in [6.07, 6.45) is 0.764. The number of benzene rings is 1. The van der Waals surface area contributed by atoms with Gasteiger partial charge in [0.25, 0.3) is 0 Å². The second-order valence-electron chi connectivity index (χ2n) is 6.43. The Morgan fingerprint density at radius 2 is 1.79 bits per heavy atom. The van der Waals surface area contributed by atoms with Gasteiger partial charge in [0.2, 0.25) is 5.89 Å². The van der Waals surface area contributed by atoms with Gasteiger partial charge >= 0.3 is 0 Å². The lowest BCUT2D eigenvalue weighted by molar-refractivity contribution is 0.375. The molecule has 0 bridgehead atoms. The van der Waals surface area contributed by atoms with Crippen LogP contribution in [-0.2, 0) is 13.0 Å². The van der Waals surface area contributed by atoms with E-state index in [0.29, 0.717) is 5.89 Å². The van der Waals surface area contributed by atoms with Gasteiger partial charge in [-0.1, -0.05) is 23.8 Å². The second kappa shape index (κ2) is 9.23. The van der Waals surface area contributed by atoms with E-state index in [1.165, 1.54) is 5.69 Å². The van der Waals surface area contributed by atoms with Gasteiger partial charge in [-0.25, -0.2) is 0 Å². The maximum absolute atomic E-state index is 5.37. The van der Waals surface area contributed by atoms with Crippen LogP contribution < -0.4 is 4.90 Å². The van der Waals surface area contributed by atoms with Gasteiger partial charge in [0, 0.05) is 37.3 Å². The molecule has 3 rings (SSSR count). The molecule has 8 heteroatoms. The molecule has 2 heterocycles. The molecule has 0 aliphatic carbocycles. The van der Waals surface area contributed by atoms with Crippen LogP contribution in [0.2, 0.25) is 0 Å². The molecule has 2 aromatic heterocycles. The van der Waals surface area contributed by atoms with Crippen LogP contribution in [-0.4, -0.2) is 38.0 Å². The lowest BCUT2D eigenvalue weighted by atomic mass is 10.2. The van der Waals surface area contributed by atoms with Crippen molar-refractivity contribution in [3.63, 3.8) is 0 Å². The van der Waals surface area contributed by atoms with Gasteiger partial charge in [-0.2, -0.15) is 4.98 Å². The zero-order valence-corrected chi connectivity index (χ0v) is 18.0. The van der Waals surface area contributed by atoms with E-state index in [1.807, 2.05) is 13.8 Å².